The highest BCUT2D eigenvalue weighted by atomic mass is 31.2. The fourth-order valence-electron chi connectivity index (χ4n) is 5.42. The zero-order valence-electron chi connectivity index (χ0n) is 28.3. The van der Waals surface area contributed by atoms with E-state index in [0.29, 0.717) is 18.6 Å². The Morgan fingerprint density at radius 3 is 2.21 bits per heavy atom. The molecular weight excluding hydrogens is 623 g/mol. The largest absolute Gasteiger partial charge is 0.460 e. The molecule has 9 heteroatoms. The number of benzene rings is 4. The fourth-order valence-corrected chi connectivity index (χ4v) is 7.03. The van der Waals surface area contributed by atoms with Gasteiger partial charge in [0.05, 0.1) is 18.8 Å². The van der Waals surface area contributed by atoms with Gasteiger partial charge in [0.2, 0.25) is 0 Å². The lowest BCUT2D eigenvalue weighted by atomic mass is 9.93. The van der Waals surface area contributed by atoms with Crippen LogP contribution in [-0.4, -0.2) is 35.9 Å². The first-order chi connectivity index (χ1) is 23.2. The van der Waals surface area contributed by atoms with Gasteiger partial charge in [-0.3, -0.25) is 9.32 Å². The normalized spacial score (nSPS) is 14.6. The number of aliphatic hydroxyl groups is 1. The standard InChI is InChI=1S/C39H51N2O6P/c1-3-4-5-6-7-9-15-32-22-24-33(25-23-32)26-27-39(40,29-42)30-46-48(44,47-37-21-14-19-35-18-12-13-20-36(35)37)41-31(2)38(43)45-28-34-16-10-8-11-17-34/h8,10-14,16-25,31,42H,3-7,9,15,26-30,40H2,1-2H3,(H,41,44). The van der Waals surface area contributed by atoms with E-state index in [1.807, 2.05) is 60.7 Å². The minimum atomic E-state index is -4.23. The van der Waals surface area contributed by atoms with Crippen LogP contribution in [0.5, 0.6) is 5.75 Å². The summed E-state index contributed by atoms with van der Waals surface area (Å²) in [6.45, 7) is 3.16. The molecule has 3 unspecified atom stereocenters. The zero-order chi connectivity index (χ0) is 34.2. The number of nitrogens with one attached hydrogen (secondary N) is 1. The number of aryl methyl sites for hydroxylation is 2. The minimum Gasteiger partial charge on any atom is -0.460 e. The highest BCUT2D eigenvalue weighted by Gasteiger charge is 2.36. The van der Waals surface area contributed by atoms with Crippen LogP contribution in [0.15, 0.2) is 97.1 Å². The van der Waals surface area contributed by atoms with Gasteiger partial charge in [0, 0.05) is 5.39 Å². The van der Waals surface area contributed by atoms with Crippen LogP contribution in [0.25, 0.3) is 10.8 Å². The Balaban J connectivity index is 1.40. The van der Waals surface area contributed by atoms with Crippen molar-refractivity contribution >= 4 is 24.5 Å². The van der Waals surface area contributed by atoms with Gasteiger partial charge in [0.15, 0.2) is 0 Å². The van der Waals surface area contributed by atoms with E-state index in [2.05, 4.69) is 36.3 Å². The van der Waals surface area contributed by atoms with Crippen molar-refractivity contribution in [3.05, 3.63) is 114 Å². The number of carbonyl (C=O) groups is 1. The van der Waals surface area contributed by atoms with Crippen molar-refractivity contribution in [2.75, 3.05) is 13.2 Å². The molecule has 0 heterocycles. The van der Waals surface area contributed by atoms with Crippen LogP contribution in [0, 0.1) is 0 Å². The Kier molecular flexibility index (Phi) is 14.7. The fraction of sp³-hybridized carbons (Fsp3) is 0.410. The van der Waals surface area contributed by atoms with Gasteiger partial charge in [-0.2, -0.15) is 5.09 Å². The van der Waals surface area contributed by atoms with Crippen LogP contribution in [0.1, 0.15) is 75.5 Å². The molecule has 0 amide bonds. The average molecular weight is 675 g/mol. The number of unbranched alkanes of at least 4 members (excludes halogenated alkanes) is 5. The third-order valence-electron chi connectivity index (χ3n) is 8.49. The summed E-state index contributed by atoms with van der Waals surface area (Å²) in [7, 11) is -4.23. The summed E-state index contributed by atoms with van der Waals surface area (Å²) in [6.07, 6.45) is 9.66. The summed E-state index contributed by atoms with van der Waals surface area (Å²) >= 11 is 0. The van der Waals surface area contributed by atoms with Gasteiger partial charge < -0.3 is 20.1 Å². The summed E-state index contributed by atoms with van der Waals surface area (Å²) in [4.78, 5) is 12.9. The smallest absolute Gasteiger partial charge is 0.459 e. The number of nitrogens with two attached hydrogens (primary N) is 1. The Hall–Kier alpha value is -3.52. The maximum atomic E-state index is 14.3. The van der Waals surface area contributed by atoms with Gasteiger partial charge in [0.25, 0.3) is 0 Å². The zero-order valence-corrected chi connectivity index (χ0v) is 29.2. The van der Waals surface area contributed by atoms with E-state index in [9.17, 15) is 14.5 Å². The summed E-state index contributed by atoms with van der Waals surface area (Å²) in [5, 5.41) is 14.7. The number of hydrogen-bond donors (Lipinski definition) is 3. The van der Waals surface area contributed by atoms with Gasteiger partial charge in [-0.15, -0.1) is 0 Å². The molecule has 0 aliphatic rings. The maximum absolute atomic E-state index is 14.3. The topological polar surface area (TPSA) is 120 Å². The first-order valence-electron chi connectivity index (χ1n) is 17.1. The molecule has 0 spiro atoms. The van der Waals surface area contributed by atoms with Gasteiger partial charge in [-0.1, -0.05) is 130 Å². The molecule has 258 valence electrons. The Morgan fingerprint density at radius 2 is 1.48 bits per heavy atom. The summed E-state index contributed by atoms with van der Waals surface area (Å²) in [5.41, 5.74) is 8.63. The molecule has 0 fully saturated rings. The third kappa shape index (κ3) is 11.9. The van der Waals surface area contributed by atoms with Gasteiger partial charge in [0.1, 0.15) is 18.4 Å². The highest BCUT2D eigenvalue weighted by molar-refractivity contribution is 7.52. The van der Waals surface area contributed by atoms with E-state index in [4.69, 9.17) is 19.5 Å². The van der Waals surface area contributed by atoms with Crippen molar-refractivity contribution in [1.82, 2.24) is 5.09 Å². The second-order valence-electron chi connectivity index (χ2n) is 12.6. The van der Waals surface area contributed by atoms with Crippen LogP contribution >= 0.6 is 7.75 Å². The highest BCUT2D eigenvalue weighted by Crippen LogP contribution is 2.47. The van der Waals surface area contributed by atoms with E-state index in [0.717, 1.165) is 28.3 Å². The molecule has 0 aromatic heterocycles. The molecule has 0 radical (unpaired) electrons. The molecule has 4 aromatic rings. The first-order valence-corrected chi connectivity index (χ1v) is 18.6. The molecule has 0 aliphatic carbocycles. The van der Waals surface area contributed by atoms with Gasteiger partial charge in [-0.05, 0) is 60.7 Å². The van der Waals surface area contributed by atoms with Crippen molar-refractivity contribution < 1.29 is 28.3 Å². The number of ether oxygens (including phenoxy) is 1. The summed E-state index contributed by atoms with van der Waals surface area (Å²) < 4.78 is 31.8. The van der Waals surface area contributed by atoms with Gasteiger partial charge in [-0.25, -0.2) is 4.57 Å². The number of hydrogen-bond acceptors (Lipinski definition) is 7. The number of carbonyl (C=O) groups excluding carboxylic acids is 1. The molecule has 0 saturated heterocycles. The minimum absolute atomic E-state index is 0.0669. The van der Waals surface area contributed by atoms with Crippen molar-refractivity contribution in [3.63, 3.8) is 0 Å². The molecule has 0 saturated carbocycles. The molecule has 8 nitrogen and oxygen atoms in total. The molecule has 3 atom stereocenters. The van der Waals surface area contributed by atoms with Crippen molar-refractivity contribution in [2.45, 2.75) is 89.8 Å². The predicted octanol–water partition coefficient (Wildman–Crippen LogP) is 8.29. The predicted molar refractivity (Wildman–Crippen MR) is 193 cm³/mol. The lowest BCUT2D eigenvalue weighted by Gasteiger charge is -2.30. The van der Waals surface area contributed by atoms with Crippen LogP contribution in [-0.2, 0) is 38.1 Å². The molecule has 48 heavy (non-hydrogen) atoms. The molecule has 4 rings (SSSR count). The van der Waals surface area contributed by atoms with Crippen LogP contribution in [0.2, 0.25) is 0 Å². The summed E-state index contributed by atoms with van der Waals surface area (Å²) in [5.74, 6) is -0.299. The summed E-state index contributed by atoms with van der Waals surface area (Å²) in [6, 6.07) is 29.7. The Bertz CT molecular complexity index is 1590. The van der Waals surface area contributed by atoms with Crippen molar-refractivity contribution in [2.24, 2.45) is 5.73 Å². The second kappa shape index (κ2) is 18.9. The molecule has 0 aliphatic heterocycles. The first kappa shape index (κ1) is 37.3. The monoisotopic (exact) mass is 674 g/mol. The molecule has 4 aromatic carbocycles. The van der Waals surface area contributed by atoms with Crippen LogP contribution in [0.4, 0.5) is 0 Å². The number of aliphatic hydroxyl groups excluding tert-OH is 1. The number of rotatable bonds is 21. The molecule has 0 bridgehead atoms. The quantitative estimate of drug-likeness (QED) is 0.0459. The third-order valence-corrected chi connectivity index (χ3v) is 10.1. The van der Waals surface area contributed by atoms with E-state index in [1.54, 1.807) is 12.1 Å². The van der Waals surface area contributed by atoms with E-state index < -0.39 is 31.9 Å². The molecule has 4 N–H and O–H groups in total. The van der Waals surface area contributed by atoms with Crippen molar-refractivity contribution in [3.8, 4) is 5.75 Å². The number of fused-ring (bicyclic) bond motifs is 1. The van der Waals surface area contributed by atoms with Gasteiger partial charge >= 0.3 is 13.7 Å². The lowest BCUT2D eigenvalue weighted by Crippen LogP contribution is -2.49. The second-order valence-corrected chi connectivity index (χ2v) is 14.3. The van der Waals surface area contributed by atoms with E-state index in [-0.39, 0.29) is 13.2 Å². The Morgan fingerprint density at radius 1 is 0.833 bits per heavy atom. The maximum Gasteiger partial charge on any atom is 0.459 e. The van der Waals surface area contributed by atoms with E-state index in [1.165, 1.54) is 51.0 Å². The average Bonchev–Trinajstić information content (AvgIpc) is 3.11. The molecular formula is C39H51N2O6P. The van der Waals surface area contributed by atoms with Crippen molar-refractivity contribution in [1.29, 1.82) is 0 Å². The van der Waals surface area contributed by atoms with Crippen LogP contribution in [0.3, 0.4) is 0 Å². The lowest BCUT2D eigenvalue weighted by molar-refractivity contribution is -0.146. The number of esters is 1. The van der Waals surface area contributed by atoms with E-state index >= 15 is 0 Å². The van der Waals surface area contributed by atoms with Crippen LogP contribution < -0.4 is 15.3 Å². The SMILES string of the molecule is CCCCCCCCc1ccc(CCC(N)(CO)COP(=O)(NC(C)C(=O)OCc2ccccc2)Oc2cccc3ccccc23)cc1. The Labute approximate surface area is 285 Å².